The van der Waals surface area contributed by atoms with E-state index in [-0.39, 0.29) is 0 Å². The fourth-order valence-electron chi connectivity index (χ4n) is 1.19. The highest BCUT2D eigenvalue weighted by Gasteiger charge is 2.16. The number of ether oxygens (including phenoxy) is 1. The van der Waals surface area contributed by atoms with Gasteiger partial charge in [0.25, 0.3) is 5.91 Å². The van der Waals surface area contributed by atoms with Crippen LogP contribution in [0.15, 0.2) is 24.3 Å². The summed E-state index contributed by atoms with van der Waals surface area (Å²) in [7, 11) is 0. The van der Waals surface area contributed by atoms with Crippen LogP contribution in [0.3, 0.4) is 0 Å². The van der Waals surface area contributed by atoms with Gasteiger partial charge >= 0.3 is 6.03 Å². The summed E-state index contributed by atoms with van der Waals surface area (Å²) < 4.78 is 6.50. The zero-order valence-electron chi connectivity index (χ0n) is 10.2. The molecular weight excluding hydrogens is 347 g/mol. The second kappa shape index (κ2) is 7.20. The zero-order valence-corrected chi connectivity index (χ0v) is 12.4. The van der Waals surface area contributed by atoms with Gasteiger partial charge in [-0.2, -0.15) is 0 Å². The molecule has 0 aromatic heterocycles. The Labute approximate surface area is 119 Å². The number of urea groups is 1. The Morgan fingerprint density at radius 2 is 1.94 bits per heavy atom. The van der Waals surface area contributed by atoms with Crippen LogP contribution >= 0.6 is 22.6 Å². The third-order valence-electron chi connectivity index (χ3n) is 2.07. The van der Waals surface area contributed by atoms with Crippen LogP contribution < -0.4 is 15.4 Å². The van der Waals surface area contributed by atoms with E-state index in [1.807, 2.05) is 12.1 Å². The highest BCUT2D eigenvalue weighted by atomic mass is 127. The minimum atomic E-state index is -0.729. The van der Waals surface area contributed by atoms with Crippen molar-refractivity contribution in [3.8, 4) is 5.75 Å². The lowest BCUT2D eigenvalue weighted by Crippen LogP contribution is -2.45. The van der Waals surface area contributed by atoms with E-state index in [1.165, 1.54) is 0 Å². The standard InChI is InChI=1S/C12H15IN2O3/c1-3-14-12(17)15-11(16)8(2)18-10-6-4-9(13)5-7-10/h4-8H,3H2,1-2H3,(H2,14,15,16,17). The zero-order chi connectivity index (χ0) is 13.5. The smallest absolute Gasteiger partial charge is 0.321 e. The fourth-order valence-corrected chi connectivity index (χ4v) is 1.55. The molecule has 0 aliphatic heterocycles. The summed E-state index contributed by atoms with van der Waals surface area (Å²) in [6.45, 7) is 3.83. The largest absolute Gasteiger partial charge is 0.481 e. The fraction of sp³-hybridized carbons (Fsp3) is 0.333. The Morgan fingerprint density at radius 3 is 2.50 bits per heavy atom. The van der Waals surface area contributed by atoms with E-state index in [1.54, 1.807) is 26.0 Å². The van der Waals surface area contributed by atoms with Crippen LogP contribution in [0, 0.1) is 3.57 Å². The predicted octanol–water partition coefficient (Wildman–Crippen LogP) is 1.90. The molecule has 2 N–H and O–H groups in total. The molecule has 1 unspecified atom stereocenters. The third-order valence-corrected chi connectivity index (χ3v) is 2.79. The summed E-state index contributed by atoms with van der Waals surface area (Å²) in [6, 6.07) is 6.80. The number of hydrogen-bond acceptors (Lipinski definition) is 3. The molecule has 0 bridgehead atoms. The van der Waals surface area contributed by atoms with Crippen LogP contribution in [-0.4, -0.2) is 24.6 Å². The Bertz CT molecular complexity index is 420. The van der Waals surface area contributed by atoms with Gasteiger partial charge in [-0.25, -0.2) is 4.79 Å². The van der Waals surface area contributed by atoms with Crippen molar-refractivity contribution in [3.05, 3.63) is 27.8 Å². The average Bonchev–Trinajstić information content (AvgIpc) is 2.32. The number of imide groups is 1. The van der Waals surface area contributed by atoms with E-state index in [9.17, 15) is 9.59 Å². The number of amides is 3. The van der Waals surface area contributed by atoms with Crippen molar-refractivity contribution in [2.45, 2.75) is 20.0 Å². The first kappa shape index (κ1) is 14.7. The molecule has 1 aromatic rings. The maximum atomic E-state index is 11.6. The van der Waals surface area contributed by atoms with Gasteiger partial charge in [0.15, 0.2) is 6.10 Å². The van der Waals surface area contributed by atoms with E-state index >= 15 is 0 Å². The molecule has 1 atom stereocenters. The minimum absolute atomic E-state index is 0.464. The molecule has 98 valence electrons. The van der Waals surface area contributed by atoms with Crippen LogP contribution in [0.2, 0.25) is 0 Å². The molecule has 5 nitrogen and oxygen atoms in total. The number of carbonyl (C=O) groups excluding carboxylic acids is 2. The molecule has 0 heterocycles. The number of nitrogens with one attached hydrogen (secondary N) is 2. The Morgan fingerprint density at radius 1 is 1.33 bits per heavy atom. The molecule has 0 fully saturated rings. The molecule has 0 saturated heterocycles. The van der Waals surface area contributed by atoms with Gasteiger partial charge < -0.3 is 10.1 Å². The predicted molar refractivity (Wildman–Crippen MR) is 76.5 cm³/mol. The summed E-state index contributed by atoms with van der Waals surface area (Å²) in [6.07, 6.45) is -0.729. The topological polar surface area (TPSA) is 67.4 Å². The lowest BCUT2D eigenvalue weighted by atomic mass is 10.3. The van der Waals surface area contributed by atoms with Gasteiger partial charge in [0.05, 0.1) is 0 Å². The molecular formula is C12H15IN2O3. The van der Waals surface area contributed by atoms with Crippen LogP contribution in [0.25, 0.3) is 0 Å². The van der Waals surface area contributed by atoms with Crippen LogP contribution in [0.4, 0.5) is 4.79 Å². The summed E-state index contributed by atoms with van der Waals surface area (Å²) in [5.74, 6) is 0.119. The van der Waals surface area contributed by atoms with Crippen molar-refractivity contribution < 1.29 is 14.3 Å². The van der Waals surface area contributed by atoms with E-state index in [4.69, 9.17) is 4.74 Å². The van der Waals surface area contributed by atoms with E-state index in [0.29, 0.717) is 12.3 Å². The van der Waals surface area contributed by atoms with Crippen LogP contribution in [0.5, 0.6) is 5.75 Å². The second-order valence-electron chi connectivity index (χ2n) is 3.56. The van der Waals surface area contributed by atoms with Gasteiger partial charge in [-0.3, -0.25) is 10.1 Å². The molecule has 0 saturated carbocycles. The van der Waals surface area contributed by atoms with Gasteiger partial charge in [-0.15, -0.1) is 0 Å². The number of rotatable bonds is 4. The van der Waals surface area contributed by atoms with Crippen molar-refractivity contribution in [1.29, 1.82) is 0 Å². The normalized spacial score (nSPS) is 11.5. The van der Waals surface area contributed by atoms with Crippen molar-refractivity contribution in [1.82, 2.24) is 10.6 Å². The van der Waals surface area contributed by atoms with Crippen molar-refractivity contribution in [2.24, 2.45) is 0 Å². The summed E-state index contributed by atoms with van der Waals surface area (Å²) in [5.41, 5.74) is 0. The summed E-state index contributed by atoms with van der Waals surface area (Å²) in [4.78, 5) is 22.8. The first-order valence-electron chi connectivity index (χ1n) is 5.54. The molecule has 18 heavy (non-hydrogen) atoms. The van der Waals surface area contributed by atoms with E-state index < -0.39 is 18.0 Å². The number of carbonyl (C=O) groups is 2. The first-order valence-corrected chi connectivity index (χ1v) is 6.61. The maximum Gasteiger partial charge on any atom is 0.321 e. The minimum Gasteiger partial charge on any atom is -0.481 e. The van der Waals surface area contributed by atoms with E-state index in [2.05, 4.69) is 33.2 Å². The lowest BCUT2D eigenvalue weighted by molar-refractivity contribution is -0.126. The molecule has 1 rings (SSSR count). The Kier molecular flexibility index (Phi) is 5.90. The molecule has 6 heteroatoms. The number of benzene rings is 1. The van der Waals surface area contributed by atoms with Crippen molar-refractivity contribution in [2.75, 3.05) is 6.54 Å². The second-order valence-corrected chi connectivity index (χ2v) is 4.81. The Hall–Kier alpha value is -1.31. The van der Waals surface area contributed by atoms with Crippen LogP contribution in [-0.2, 0) is 4.79 Å². The van der Waals surface area contributed by atoms with Crippen LogP contribution in [0.1, 0.15) is 13.8 Å². The van der Waals surface area contributed by atoms with Gasteiger partial charge in [0.1, 0.15) is 5.75 Å². The average molecular weight is 362 g/mol. The molecule has 0 aliphatic carbocycles. The maximum absolute atomic E-state index is 11.6. The van der Waals surface area contributed by atoms with Crippen molar-refractivity contribution >= 4 is 34.5 Å². The first-order chi connectivity index (χ1) is 8.52. The van der Waals surface area contributed by atoms with Gasteiger partial charge in [-0.05, 0) is 60.7 Å². The lowest BCUT2D eigenvalue weighted by Gasteiger charge is -2.14. The van der Waals surface area contributed by atoms with Gasteiger partial charge in [0.2, 0.25) is 0 Å². The highest BCUT2D eigenvalue weighted by Crippen LogP contribution is 2.14. The van der Waals surface area contributed by atoms with E-state index in [0.717, 1.165) is 3.57 Å². The molecule has 0 radical (unpaired) electrons. The van der Waals surface area contributed by atoms with Gasteiger partial charge in [-0.1, -0.05) is 0 Å². The quantitative estimate of drug-likeness (QED) is 0.805. The third kappa shape index (κ3) is 4.91. The molecule has 0 aliphatic rings. The molecule has 1 aromatic carbocycles. The summed E-state index contributed by atoms with van der Waals surface area (Å²) >= 11 is 2.18. The highest BCUT2D eigenvalue weighted by molar-refractivity contribution is 14.1. The number of hydrogen-bond donors (Lipinski definition) is 2. The van der Waals surface area contributed by atoms with Crippen molar-refractivity contribution in [3.63, 3.8) is 0 Å². The summed E-state index contributed by atoms with van der Waals surface area (Å²) in [5, 5.41) is 4.67. The monoisotopic (exact) mass is 362 g/mol. The molecule has 0 spiro atoms. The van der Waals surface area contributed by atoms with Gasteiger partial charge in [0, 0.05) is 10.1 Å². The Balaban J connectivity index is 2.49. The molecule has 3 amide bonds. The SMILES string of the molecule is CCNC(=O)NC(=O)C(C)Oc1ccc(I)cc1. The number of halogens is 1.